The minimum atomic E-state index is 0.597. The van der Waals surface area contributed by atoms with Crippen molar-refractivity contribution in [2.75, 3.05) is 0 Å². The molecule has 0 N–H and O–H groups in total. The third kappa shape index (κ3) is 1.48. The van der Waals surface area contributed by atoms with Crippen molar-refractivity contribution >= 4 is 17.3 Å². The number of carbonyl (C=O) groups excluding carboxylic acids is 1. The fraction of sp³-hybridized carbons (Fsp3) is 0.0769. The molecule has 0 fully saturated rings. The maximum absolute atomic E-state index is 11.1. The van der Waals surface area contributed by atoms with Crippen LogP contribution in [0.15, 0.2) is 37.1 Å². The van der Waals surface area contributed by atoms with E-state index in [4.69, 9.17) is 0 Å². The molecule has 18 heavy (non-hydrogen) atoms. The van der Waals surface area contributed by atoms with Gasteiger partial charge in [0, 0.05) is 36.8 Å². The number of fused-ring (bicyclic) bond motifs is 1. The number of aromatic nitrogens is 4. The van der Waals surface area contributed by atoms with Crippen LogP contribution in [0.1, 0.15) is 10.4 Å². The van der Waals surface area contributed by atoms with Gasteiger partial charge in [0.15, 0.2) is 6.29 Å². The molecule has 0 amide bonds. The molecule has 0 bridgehead atoms. The van der Waals surface area contributed by atoms with E-state index in [-0.39, 0.29) is 0 Å². The molecule has 0 aliphatic heterocycles. The maximum atomic E-state index is 11.1. The summed E-state index contributed by atoms with van der Waals surface area (Å²) in [7, 11) is 1.86. The van der Waals surface area contributed by atoms with Crippen LogP contribution in [-0.4, -0.2) is 25.8 Å². The smallest absolute Gasteiger partial charge is 0.152 e. The van der Waals surface area contributed by atoms with Crippen LogP contribution in [0, 0.1) is 0 Å². The molecular formula is C13H10N4O. The highest BCUT2D eigenvalue weighted by molar-refractivity contribution is 6.03. The van der Waals surface area contributed by atoms with Crippen LogP contribution in [0.25, 0.3) is 22.3 Å². The third-order valence-electron chi connectivity index (χ3n) is 2.86. The second-order valence-electron chi connectivity index (χ2n) is 3.97. The number of aldehydes is 1. The molecule has 0 aliphatic rings. The summed E-state index contributed by atoms with van der Waals surface area (Å²) in [6.45, 7) is 0. The first-order valence-electron chi connectivity index (χ1n) is 5.47. The van der Waals surface area contributed by atoms with Crippen LogP contribution >= 0.6 is 0 Å². The molecule has 0 aliphatic carbocycles. The molecule has 0 spiro atoms. The van der Waals surface area contributed by atoms with Gasteiger partial charge in [-0.25, -0.2) is 9.97 Å². The van der Waals surface area contributed by atoms with Crippen LogP contribution in [0.2, 0.25) is 0 Å². The first-order valence-corrected chi connectivity index (χ1v) is 5.47. The number of rotatable bonds is 2. The van der Waals surface area contributed by atoms with E-state index in [1.165, 1.54) is 6.33 Å². The average molecular weight is 238 g/mol. The Hall–Kier alpha value is -2.56. The number of aryl methyl sites for hydroxylation is 1. The van der Waals surface area contributed by atoms with Crippen molar-refractivity contribution in [1.82, 2.24) is 19.5 Å². The van der Waals surface area contributed by atoms with E-state index in [0.717, 1.165) is 28.6 Å². The summed E-state index contributed by atoms with van der Waals surface area (Å²) in [5.74, 6) is 0. The molecule has 3 aromatic rings. The molecule has 0 aromatic carbocycles. The summed E-state index contributed by atoms with van der Waals surface area (Å²) in [4.78, 5) is 23.6. The first-order chi connectivity index (χ1) is 8.81. The number of carbonyl (C=O) groups is 1. The van der Waals surface area contributed by atoms with E-state index in [0.29, 0.717) is 5.56 Å². The predicted molar refractivity (Wildman–Crippen MR) is 67.1 cm³/mol. The number of pyridine rings is 1. The molecule has 5 nitrogen and oxygen atoms in total. The zero-order chi connectivity index (χ0) is 12.5. The van der Waals surface area contributed by atoms with Gasteiger partial charge in [-0.1, -0.05) is 0 Å². The minimum Gasteiger partial charge on any atom is -0.335 e. The molecule has 3 rings (SSSR count). The van der Waals surface area contributed by atoms with Crippen molar-refractivity contribution in [3.05, 3.63) is 42.6 Å². The highest BCUT2D eigenvalue weighted by atomic mass is 16.1. The largest absolute Gasteiger partial charge is 0.335 e. The topological polar surface area (TPSA) is 60.7 Å². The third-order valence-corrected chi connectivity index (χ3v) is 2.86. The summed E-state index contributed by atoms with van der Waals surface area (Å²) in [6.07, 6.45) is 7.50. The van der Waals surface area contributed by atoms with Crippen molar-refractivity contribution in [1.29, 1.82) is 0 Å². The molecule has 0 saturated heterocycles. The van der Waals surface area contributed by atoms with Gasteiger partial charge in [0.25, 0.3) is 0 Å². The Balaban J connectivity index is 2.40. The van der Waals surface area contributed by atoms with Gasteiger partial charge in [-0.15, -0.1) is 0 Å². The highest BCUT2D eigenvalue weighted by Gasteiger charge is 2.13. The Kier molecular flexibility index (Phi) is 2.37. The van der Waals surface area contributed by atoms with E-state index in [1.807, 2.05) is 23.7 Å². The van der Waals surface area contributed by atoms with E-state index in [1.54, 1.807) is 18.6 Å². The summed E-state index contributed by atoms with van der Waals surface area (Å²) < 4.78 is 1.82. The Labute approximate surface area is 103 Å². The molecule has 0 atom stereocenters. The monoisotopic (exact) mass is 238 g/mol. The lowest BCUT2D eigenvalue weighted by atomic mass is 10.1. The van der Waals surface area contributed by atoms with Gasteiger partial charge >= 0.3 is 0 Å². The first kappa shape index (κ1) is 10.6. The van der Waals surface area contributed by atoms with Gasteiger partial charge in [0.2, 0.25) is 0 Å². The number of hydrogen-bond acceptors (Lipinski definition) is 4. The second-order valence-corrected chi connectivity index (χ2v) is 3.97. The van der Waals surface area contributed by atoms with Gasteiger partial charge in [-0.2, -0.15) is 0 Å². The predicted octanol–water partition coefficient (Wildman–Crippen LogP) is 1.84. The van der Waals surface area contributed by atoms with Gasteiger partial charge in [0.1, 0.15) is 12.0 Å². The highest BCUT2D eigenvalue weighted by Crippen LogP contribution is 2.27. The summed E-state index contributed by atoms with van der Waals surface area (Å²) in [5.41, 5.74) is 3.02. The zero-order valence-electron chi connectivity index (χ0n) is 9.74. The van der Waals surface area contributed by atoms with Crippen LogP contribution in [0.5, 0.6) is 0 Å². The fourth-order valence-corrected chi connectivity index (χ4v) is 2.06. The lowest BCUT2D eigenvalue weighted by Crippen LogP contribution is -1.92. The molecule has 3 heterocycles. The second kappa shape index (κ2) is 4.03. The minimum absolute atomic E-state index is 0.597. The molecular weight excluding hydrogens is 228 g/mol. The molecule has 3 aromatic heterocycles. The van der Waals surface area contributed by atoms with Crippen molar-refractivity contribution in [3.63, 3.8) is 0 Å². The van der Waals surface area contributed by atoms with E-state index in [2.05, 4.69) is 15.0 Å². The number of hydrogen-bond donors (Lipinski definition) is 0. The number of nitrogens with zero attached hydrogens (tertiary/aromatic N) is 4. The molecule has 5 heteroatoms. The van der Waals surface area contributed by atoms with Crippen molar-refractivity contribution in [2.45, 2.75) is 0 Å². The van der Waals surface area contributed by atoms with E-state index < -0.39 is 0 Å². The SMILES string of the molecule is Cn1cc(C=O)c2c(-c3ccncc3)ncnc21. The Morgan fingerprint density at radius 1 is 1.22 bits per heavy atom. The Morgan fingerprint density at radius 3 is 2.72 bits per heavy atom. The van der Waals surface area contributed by atoms with Gasteiger partial charge in [-0.3, -0.25) is 9.78 Å². The van der Waals surface area contributed by atoms with Gasteiger partial charge < -0.3 is 4.57 Å². The molecule has 0 radical (unpaired) electrons. The maximum Gasteiger partial charge on any atom is 0.152 e. The lowest BCUT2D eigenvalue weighted by Gasteiger charge is -2.02. The van der Waals surface area contributed by atoms with Gasteiger partial charge in [0.05, 0.1) is 11.1 Å². The molecule has 0 unspecified atom stereocenters. The Morgan fingerprint density at radius 2 is 2.00 bits per heavy atom. The summed E-state index contributed by atoms with van der Waals surface area (Å²) in [5, 5.41) is 0.779. The quantitative estimate of drug-likeness (QED) is 0.639. The van der Waals surface area contributed by atoms with Crippen LogP contribution in [0.4, 0.5) is 0 Å². The zero-order valence-corrected chi connectivity index (χ0v) is 9.74. The normalized spacial score (nSPS) is 10.7. The average Bonchev–Trinajstić information content (AvgIpc) is 2.77. The van der Waals surface area contributed by atoms with Crippen molar-refractivity contribution in [3.8, 4) is 11.3 Å². The van der Waals surface area contributed by atoms with E-state index >= 15 is 0 Å². The van der Waals surface area contributed by atoms with E-state index in [9.17, 15) is 4.79 Å². The van der Waals surface area contributed by atoms with Crippen LogP contribution in [0.3, 0.4) is 0 Å². The molecule has 88 valence electrons. The molecule has 0 saturated carbocycles. The lowest BCUT2D eigenvalue weighted by molar-refractivity contribution is 0.112. The fourth-order valence-electron chi connectivity index (χ4n) is 2.06. The van der Waals surface area contributed by atoms with Crippen LogP contribution in [-0.2, 0) is 7.05 Å². The standard InChI is InChI=1S/C13H10N4O/c1-17-6-10(7-18)11-12(15-8-16-13(11)17)9-2-4-14-5-3-9/h2-8H,1H3. The van der Waals surface area contributed by atoms with Crippen molar-refractivity contribution < 1.29 is 4.79 Å². The van der Waals surface area contributed by atoms with Crippen LogP contribution < -0.4 is 0 Å². The summed E-state index contributed by atoms with van der Waals surface area (Å²) in [6, 6.07) is 3.73. The Bertz CT molecular complexity index is 718. The van der Waals surface area contributed by atoms with Crippen molar-refractivity contribution in [2.24, 2.45) is 7.05 Å². The van der Waals surface area contributed by atoms with Gasteiger partial charge in [-0.05, 0) is 12.1 Å². The summed E-state index contributed by atoms with van der Waals surface area (Å²) >= 11 is 0.